The highest BCUT2D eigenvalue weighted by molar-refractivity contribution is 5.93. The minimum atomic E-state index is -0.124. The number of aryl methyl sites for hydroxylation is 1. The van der Waals surface area contributed by atoms with Gasteiger partial charge in [0.15, 0.2) is 0 Å². The van der Waals surface area contributed by atoms with Gasteiger partial charge in [-0.05, 0) is 49.6 Å². The molecule has 0 bridgehead atoms. The van der Waals surface area contributed by atoms with E-state index < -0.39 is 0 Å². The van der Waals surface area contributed by atoms with Crippen molar-refractivity contribution in [2.75, 3.05) is 18.0 Å². The molecule has 23 heavy (non-hydrogen) atoms. The standard InChI is InChI=1S/C19H25N3O/c1-5-22(16-8-6-7-15(4)11-16)17-9-10-20-18(12-17)19(23)21-13-14(2)3/h6-12,14H,5,13H2,1-4H3,(H,21,23). The van der Waals surface area contributed by atoms with Gasteiger partial charge in [0.05, 0.1) is 0 Å². The number of anilines is 2. The van der Waals surface area contributed by atoms with Gasteiger partial charge in [-0.25, -0.2) is 0 Å². The van der Waals surface area contributed by atoms with Gasteiger partial charge < -0.3 is 10.2 Å². The number of pyridine rings is 1. The summed E-state index contributed by atoms with van der Waals surface area (Å²) in [5, 5.41) is 2.91. The number of hydrogen-bond acceptors (Lipinski definition) is 3. The second-order valence-corrected chi connectivity index (χ2v) is 6.09. The Morgan fingerprint density at radius 2 is 1.96 bits per heavy atom. The van der Waals surface area contributed by atoms with Crippen molar-refractivity contribution >= 4 is 17.3 Å². The number of rotatable bonds is 6. The summed E-state index contributed by atoms with van der Waals surface area (Å²) in [4.78, 5) is 18.6. The fourth-order valence-electron chi connectivity index (χ4n) is 2.41. The van der Waals surface area contributed by atoms with Crippen molar-refractivity contribution in [3.05, 3.63) is 53.9 Å². The predicted molar refractivity (Wildman–Crippen MR) is 95.3 cm³/mol. The second-order valence-electron chi connectivity index (χ2n) is 6.09. The van der Waals surface area contributed by atoms with Crippen LogP contribution in [0.1, 0.15) is 36.8 Å². The van der Waals surface area contributed by atoms with Crippen LogP contribution in [0.4, 0.5) is 11.4 Å². The molecule has 0 saturated heterocycles. The van der Waals surface area contributed by atoms with Gasteiger partial charge in [0, 0.05) is 30.7 Å². The molecule has 0 spiro atoms. The Labute approximate surface area is 138 Å². The molecule has 0 aliphatic carbocycles. The molecular formula is C19H25N3O. The third-order valence-electron chi connectivity index (χ3n) is 3.59. The summed E-state index contributed by atoms with van der Waals surface area (Å²) in [6.45, 7) is 9.79. The van der Waals surface area contributed by atoms with E-state index in [1.54, 1.807) is 6.20 Å². The van der Waals surface area contributed by atoms with E-state index in [0.29, 0.717) is 18.2 Å². The number of carbonyl (C=O) groups is 1. The third kappa shape index (κ3) is 4.55. The summed E-state index contributed by atoms with van der Waals surface area (Å²) < 4.78 is 0. The van der Waals surface area contributed by atoms with Crippen LogP contribution in [0.15, 0.2) is 42.6 Å². The van der Waals surface area contributed by atoms with Gasteiger partial charge >= 0.3 is 0 Å². The molecule has 1 amide bonds. The molecule has 0 aliphatic heterocycles. The van der Waals surface area contributed by atoms with Crippen LogP contribution in [-0.4, -0.2) is 24.0 Å². The van der Waals surface area contributed by atoms with Crippen LogP contribution in [-0.2, 0) is 0 Å². The summed E-state index contributed by atoms with van der Waals surface area (Å²) in [6, 6.07) is 12.1. The summed E-state index contributed by atoms with van der Waals surface area (Å²) in [5.41, 5.74) is 3.76. The van der Waals surface area contributed by atoms with Crippen LogP contribution in [0.25, 0.3) is 0 Å². The Balaban J connectivity index is 2.25. The maximum Gasteiger partial charge on any atom is 0.269 e. The smallest absolute Gasteiger partial charge is 0.269 e. The molecule has 1 heterocycles. The summed E-state index contributed by atoms with van der Waals surface area (Å²) in [6.07, 6.45) is 1.69. The Hall–Kier alpha value is -2.36. The van der Waals surface area contributed by atoms with Gasteiger partial charge in [-0.15, -0.1) is 0 Å². The fourth-order valence-corrected chi connectivity index (χ4v) is 2.41. The van der Waals surface area contributed by atoms with Crippen molar-refractivity contribution in [1.29, 1.82) is 0 Å². The zero-order valence-corrected chi connectivity index (χ0v) is 14.3. The van der Waals surface area contributed by atoms with Crippen molar-refractivity contribution < 1.29 is 4.79 Å². The molecule has 2 rings (SSSR count). The van der Waals surface area contributed by atoms with E-state index in [1.165, 1.54) is 5.56 Å². The molecule has 0 unspecified atom stereocenters. The van der Waals surface area contributed by atoms with Crippen LogP contribution >= 0.6 is 0 Å². The maximum atomic E-state index is 12.2. The van der Waals surface area contributed by atoms with E-state index in [0.717, 1.165) is 17.9 Å². The molecule has 1 N–H and O–H groups in total. The van der Waals surface area contributed by atoms with Gasteiger partial charge in [0.2, 0.25) is 0 Å². The maximum absolute atomic E-state index is 12.2. The van der Waals surface area contributed by atoms with Crippen LogP contribution in [0.2, 0.25) is 0 Å². The average molecular weight is 311 g/mol. The number of amides is 1. The highest BCUT2D eigenvalue weighted by Crippen LogP contribution is 2.25. The molecule has 0 radical (unpaired) electrons. The normalized spacial score (nSPS) is 10.7. The van der Waals surface area contributed by atoms with Crippen molar-refractivity contribution in [1.82, 2.24) is 10.3 Å². The van der Waals surface area contributed by atoms with E-state index in [-0.39, 0.29) is 5.91 Å². The Bertz CT molecular complexity index is 667. The largest absolute Gasteiger partial charge is 0.350 e. The molecule has 0 atom stereocenters. The zero-order valence-electron chi connectivity index (χ0n) is 14.3. The Kier molecular flexibility index (Phi) is 5.74. The first-order chi connectivity index (χ1) is 11.0. The van der Waals surface area contributed by atoms with Crippen LogP contribution in [0.3, 0.4) is 0 Å². The Morgan fingerprint density at radius 1 is 1.22 bits per heavy atom. The molecule has 0 saturated carbocycles. The number of carbonyl (C=O) groups excluding carboxylic acids is 1. The first-order valence-electron chi connectivity index (χ1n) is 8.09. The van der Waals surface area contributed by atoms with Crippen LogP contribution < -0.4 is 10.2 Å². The fraction of sp³-hybridized carbons (Fsp3) is 0.368. The number of hydrogen-bond donors (Lipinski definition) is 1. The Morgan fingerprint density at radius 3 is 2.61 bits per heavy atom. The zero-order chi connectivity index (χ0) is 16.8. The SMILES string of the molecule is CCN(c1cccc(C)c1)c1ccnc(C(=O)NCC(C)C)c1. The van der Waals surface area contributed by atoms with Gasteiger partial charge in [-0.2, -0.15) is 0 Å². The molecule has 2 aromatic rings. The molecule has 1 aromatic carbocycles. The molecule has 0 fully saturated rings. The molecule has 1 aromatic heterocycles. The minimum absolute atomic E-state index is 0.124. The molecule has 122 valence electrons. The van der Waals surface area contributed by atoms with Crippen molar-refractivity contribution in [2.45, 2.75) is 27.7 Å². The lowest BCUT2D eigenvalue weighted by molar-refractivity contribution is 0.0944. The second kappa shape index (κ2) is 7.77. The van der Waals surface area contributed by atoms with Gasteiger partial charge in [-0.3, -0.25) is 9.78 Å². The van der Waals surface area contributed by atoms with Crippen LogP contribution in [0.5, 0.6) is 0 Å². The summed E-state index contributed by atoms with van der Waals surface area (Å²) in [7, 11) is 0. The monoisotopic (exact) mass is 311 g/mol. The van der Waals surface area contributed by atoms with Crippen molar-refractivity contribution in [2.24, 2.45) is 5.92 Å². The molecule has 4 heteroatoms. The average Bonchev–Trinajstić information content (AvgIpc) is 2.53. The lowest BCUT2D eigenvalue weighted by Gasteiger charge is -2.24. The van der Waals surface area contributed by atoms with Crippen molar-refractivity contribution in [3.63, 3.8) is 0 Å². The van der Waals surface area contributed by atoms with Gasteiger partial charge in [0.1, 0.15) is 5.69 Å². The summed E-state index contributed by atoms with van der Waals surface area (Å²) >= 11 is 0. The van der Waals surface area contributed by atoms with Crippen LogP contribution in [0, 0.1) is 12.8 Å². The number of nitrogens with one attached hydrogen (secondary N) is 1. The van der Waals surface area contributed by atoms with Gasteiger partial charge in [-0.1, -0.05) is 26.0 Å². The van der Waals surface area contributed by atoms with E-state index in [1.807, 2.05) is 18.2 Å². The van der Waals surface area contributed by atoms with E-state index in [2.05, 4.69) is 61.1 Å². The van der Waals surface area contributed by atoms with E-state index in [4.69, 9.17) is 0 Å². The number of aromatic nitrogens is 1. The minimum Gasteiger partial charge on any atom is -0.350 e. The van der Waals surface area contributed by atoms with Crippen molar-refractivity contribution in [3.8, 4) is 0 Å². The number of nitrogens with zero attached hydrogens (tertiary/aromatic N) is 2. The third-order valence-corrected chi connectivity index (χ3v) is 3.59. The van der Waals surface area contributed by atoms with E-state index >= 15 is 0 Å². The lowest BCUT2D eigenvalue weighted by atomic mass is 10.2. The summed E-state index contributed by atoms with van der Waals surface area (Å²) in [5.74, 6) is 0.294. The molecule has 0 aliphatic rings. The van der Waals surface area contributed by atoms with E-state index in [9.17, 15) is 4.79 Å². The first kappa shape index (κ1) is 17.0. The molecular weight excluding hydrogens is 286 g/mol. The number of benzene rings is 1. The predicted octanol–water partition coefficient (Wildman–Crippen LogP) is 3.93. The first-order valence-corrected chi connectivity index (χ1v) is 8.09. The topological polar surface area (TPSA) is 45.2 Å². The molecule has 4 nitrogen and oxygen atoms in total. The highest BCUT2D eigenvalue weighted by Gasteiger charge is 2.12. The quantitative estimate of drug-likeness (QED) is 0.879. The lowest BCUT2D eigenvalue weighted by Crippen LogP contribution is -2.28. The van der Waals surface area contributed by atoms with Gasteiger partial charge in [0.25, 0.3) is 5.91 Å². The highest BCUT2D eigenvalue weighted by atomic mass is 16.1.